The van der Waals surface area contributed by atoms with Crippen molar-refractivity contribution in [2.24, 2.45) is 5.92 Å². The average Bonchev–Trinajstić information content (AvgIpc) is 3.71. The molecule has 2 N–H and O–H groups in total. The van der Waals surface area contributed by atoms with Gasteiger partial charge in [-0.3, -0.25) is 24.3 Å². The summed E-state index contributed by atoms with van der Waals surface area (Å²) in [6.45, 7) is 6.53. The van der Waals surface area contributed by atoms with E-state index in [2.05, 4.69) is 35.5 Å². The Kier molecular flexibility index (Phi) is 8.57. The van der Waals surface area contributed by atoms with Crippen LogP contribution in [0.5, 0.6) is 0 Å². The predicted octanol–water partition coefficient (Wildman–Crippen LogP) is 3.96. The largest absolute Gasteiger partial charge is 0.453 e. The summed E-state index contributed by atoms with van der Waals surface area (Å²) in [5.41, 5.74) is -0.0357. The number of fused-ring (bicyclic) bond motifs is 1. The molecule has 0 aliphatic rings. The van der Waals surface area contributed by atoms with E-state index in [-0.39, 0.29) is 23.3 Å². The molecule has 0 aliphatic carbocycles. The smallest absolute Gasteiger partial charge is 0.411 e. The topological polar surface area (TPSA) is 184 Å². The van der Waals surface area contributed by atoms with Crippen molar-refractivity contribution in [3.05, 3.63) is 88.8 Å². The third-order valence-corrected chi connectivity index (χ3v) is 7.07. The first-order chi connectivity index (χ1) is 21.5. The summed E-state index contributed by atoms with van der Waals surface area (Å²) in [4.78, 5) is 60.9. The fraction of sp³-hybridized carbons (Fsp3) is 0.290. The minimum atomic E-state index is -1.07. The Labute approximate surface area is 256 Å². The first kappa shape index (κ1) is 30.8. The molecule has 3 heterocycles. The van der Waals surface area contributed by atoms with Crippen molar-refractivity contribution in [2.45, 2.75) is 45.7 Å². The maximum Gasteiger partial charge on any atom is 0.411 e. The van der Waals surface area contributed by atoms with Gasteiger partial charge in [-0.15, -0.1) is 10.2 Å². The van der Waals surface area contributed by atoms with Crippen LogP contribution in [0, 0.1) is 5.92 Å². The standard InChI is InChI=1S/C31H31N7O7/c1-17(2)23(24(40)26-36-37-29(45-26)31(3,4)28-33-19-13-9-10-14-21(19)44-28)35-22(39)16-38-25(18-11-7-6-8-12-18)32-15-20(27(38)41)34-30(42)43-5/h6-15,17,23H,16H2,1-5H3,(H,34,42)(H,35,39). The number of carbonyl (C=O) groups excluding carboxylic acids is 3. The quantitative estimate of drug-likeness (QED) is 0.217. The number of Topliss-reactive ketones (excluding diaryl/α,β-unsaturated/α-hetero) is 1. The van der Waals surface area contributed by atoms with E-state index in [0.29, 0.717) is 22.6 Å². The Bertz CT molecular complexity index is 1890. The summed E-state index contributed by atoms with van der Waals surface area (Å²) in [5, 5.41) is 13.1. The first-order valence-corrected chi connectivity index (χ1v) is 14.0. The molecule has 2 aromatic carbocycles. The van der Waals surface area contributed by atoms with Crippen LogP contribution in [0.4, 0.5) is 10.5 Å². The first-order valence-electron chi connectivity index (χ1n) is 14.0. The number of methoxy groups -OCH3 is 1. The van der Waals surface area contributed by atoms with E-state index in [1.54, 1.807) is 64.1 Å². The number of aromatic nitrogens is 5. The molecule has 2 amide bonds. The Morgan fingerprint density at radius 3 is 2.38 bits per heavy atom. The van der Waals surface area contributed by atoms with E-state index in [9.17, 15) is 19.2 Å². The molecule has 0 aliphatic heterocycles. The van der Waals surface area contributed by atoms with Crippen LogP contribution in [0.1, 0.15) is 50.2 Å². The van der Waals surface area contributed by atoms with Gasteiger partial charge >= 0.3 is 6.09 Å². The maximum atomic E-state index is 13.6. The van der Waals surface area contributed by atoms with Crippen molar-refractivity contribution in [1.82, 2.24) is 30.0 Å². The number of para-hydroxylation sites is 2. The lowest BCUT2D eigenvalue weighted by molar-refractivity contribution is -0.122. The molecule has 45 heavy (non-hydrogen) atoms. The molecular formula is C31H31N7O7. The number of ketones is 1. The second kappa shape index (κ2) is 12.5. The van der Waals surface area contributed by atoms with Gasteiger partial charge in [0.1, 0.15) is 29.0 Å². The second-order valence-corrected chi connectivity index (χ2v) is 11.0. The fourth-order valence-electron chi connectivity index (χ4n) is 4.54. The Morgan fingerprint density at radius 1 is 0.978 bits per heavy atom. The summed E-state index contributed by atoms with van der Waals surface area (Å²) in [6, 6.07) is 15.0. The van der Waals surface area contributed by atoms with Crippen LogP contribution in [-0.4, -0.2) is 55.7 Å². The molecule has 0 saturated heterocycles. The summed E-state index contributed by atoms with van der Waals surface area (Å²) in [6.07, 6.45) is 0.312. The van der Waals surface area contributed by atoms with Crippen LogP contribution in [-0.2, 0) is 21.5 Å². The summed E-state index contributed by atoms with van der Waals surface area (Å²) >= 11 is 0. The van der Waals surface area contributed by atoms with Gasteiger partial charge in [-0.05, 0) is 31.9 Å². The molecule has 14 heteroatoms. The zero-order chi connectivity index (χ0) is 32.3. The molecule has 3 aromatic heterocycles. The fourth-order valence-corrected chi connectivity index (χ4v) is 4.54. The third kappa shape index (κ3) is 6.34. The number of nitrogens with one attached hydrogen (secondary N) is 2. The number of amides is 2. The summed E-state index contributed by atoms with van der Waals surface area (Å²) in [5.74, 6) is -1.35. The van der Waals surface area contributed by atoms with E-state index in [1.807, 2.05) is 18.2 Å². The molecule has 0 spiro atoms. The molecule has 14 nitrogen and oxygen atoms in total. The number of nitrogens with zero attached hydrogens (tertiary/aromatic N) is 5. The van der Waals surface area contributed by atoms with Gasteiger partial charge in [-0.1, -0.05) is 56.3 Å². The number of carbonyl (C=O) groups is 3. The van der Waals surface area contributed by atoms with Gasteiger partial charge in [0.05, 0.1) is 19.3 Å². The van der Waals surface area contributed by atoms with Gasteiger partial charge in [0.25, 0.3) is 11.4 Å². The van der Waals surface area contributed by atoms with Crippen LogP contribution in [0.2, 0.25) is 0 Å². The molecule has 0 fully saturated rings. The highest BCUT2D eigenvalue weighted by Gasteiger charge is 2.37. The van der Waals surface area contributed by atoms with Crippen LogP contribution in [0.15, 0.2) is 74.4 Å². The van der Waals surface area contributed by atoms with E-state index in [1.165, 1.54) is 6.20 Å². The van der Waals surface area contributed by atoms with E-state index >= 15 is 0 Å². The van der Waals surface area contributed by atoms with Crippen LogP contribution >= 0.6 is 0 Å². The highest BCUT2D eigenvalue weighted by atomic mass is 16.5. The minimum Gasteiger partial charge on any atom is -0.453 e. The van der Waals surface area contributed by atoms with Crippen molar-refractivity contribution in [1.29, 1.82) is 0 Å². The lowest BCUT2D eigenvalue weighted by Gasteiger charge is -2.21. The Morgan fingerprint density at radius 2 is 1.69 bits per heavy atom. The molecule has 232 valence electrons. The SMILES string of the molecule is COC(=O)Nc1cnc(-c2ccccc2)n(CC(=O)NC(C(=O)c2nnc(C(C)(C)c3nc4ccccc4o3)o2)C(C)C)c1=O. The zero-order valence-corrected chi connectivity index (χ0v) is 25.2. The highest BCUT2D eigenvalue weighted by Crippen LogP contribution is 2.32. The number of benzene rings is 2. The summed E-state index contributed by atoms with van der Waals surface area (Å²) in [7, 11) is 1.15. The second-order valence-electron chi connectivity index (χ2n) is 11.0. The van der Waals surface area contributed by atoms with Gasteiger partial charge in [-0.2, -0.15) is 0 Å². The van der Waals surface area contributed by atoms with Gasteiger partial charge in [0.15, 0.2) is 5.58 Å². The average molecular weight is 614 g/mol. The monoisotopic (exact) mass is 613 g/mol. The molecule has 0 radical (unpaired) electrons. The molecule has 0 bridgehead atoms. The number of ether oxygens (including phenoxy) is 1. The summed E-state index contributed by atoms with van der Waals surface area (Å²) < 4.78 is 17.4. The van der Waals surface area contributed by atoms with E-state index in [0.717, 1.165) is 11.7 Å². The molecule has 0 saturated carbocycles. The highest BCUT2D eigenvalue weighted by molar-refractivity contribution is 5.98. The maximum absolute atomic E-state index is 13.6. The molecule has 1 atom stereocenters. The van der Waals surface area contributed by atoms with Crippen molar-refractivity contribution < 1.29 is 28.0 Å². The lowest BCUT2D eigenvalue weighted by Crippen LogP contribution is -2.46. The Hall–Kier alpha value is -5.66. The van der Waals surface area contributed by atoms with Gasteiger partial charge in [0, 0.05) is 5.56 Å². The molecule has 5 rings (SSSR count). The predicted molar refractivity (Wildman–Crippen MR) is 161 cm³/mol. The number of hydrogen-bond donors (Lipinski definition) is 2. The number of rotatable bonds is 10. The van der Waals surface area contributed by atoms with Gasteiger partial charge < -0.3 is 18.9 Å². The molecule has 1 unspecified atom stereocenters. The zero-order valence-electron chi connectivity index (χ0n) is 25.2. The molecule has 5 aromatic rings. The van der Waals surface area contributed by atoms with Crippen LogP contribution in [0.25, 0.3) is 22.5 Å². The third-order valence-electron chi connectivity index (χ3n) is 7.07. The van der Waals surface area contributed by atoms with Crippen LogP contribution in [0.3, 0.4) is 0 Å². The van der Waals surface area contributed by atoms with Crippen molar-refractivity contribution >= 4 is 34.6 Å². The van der Waals surface area contributed by atoms with E-state index < -0.39 is 47.3 Å². The van der Waals surface area contributed by atoms with Crippen LogP contribution < -0.4 is 16.2 Å². The molecular weight excluding hydrogens is 582 g/mol. The van der Waals surface area contributed by atoms with Gasteiger partial charge in [-0.25, -0.2) is 14.8 Å². The lowest BCUT2D eigenvalue weighted by atomic mass is 9.93. The normalized spacial score (nSPS) is 12.2. The van der Waals surface area contributed by atoms with Crippen molar-refractivity contribution in [3.63, 3.8) is 0 Å². The number of hydrogen-bond acceptors (Lipinski definition) is 11. The number of oxazole rings is 1. The van der Waals surface area contributed by atoms with Crippen molar-refractivity contribution in [3.8, 4) is 11.4 Å². The van der Waals surface area contributed by atoms with Gasteiger partial charge in [0.2, 0.25) is 23.5 Å². The number of anilines is 1. The van der Waals surface area contributed by atoms with E-state index in [4.69, 9.17) is 8.83 Å². The van der Waals surface area contributed by atoms with Crippen molar-refractivity contribution in [2.75, 3.05) is 12.4 Å². The Balaban J connectivity index is 1.39. The minimum absolute atomic E-state index is 0.103.